The maximum Gasteiger partial charge on any atom is 0.222 e. The Labute approximate surface area is 157 Å². The Balaban J connectivity index is 1.53. The van der Waals surface area contributed by atoms with Gasteiger partial charge in [0.2, 0.25) is 11.6 Å². The minimum absolute atomic E-state index is 0.424. The maximum absolute atomic E-state index is 4.70. The molecule has 0 unspecified atom stereocenters. The number of H-pyrrole nitrogens is 2. The minimum atomic E-state index is 0.424. The van der Waals surface area contributed by atoms with Gasteiger partial charge in [0.1, 0.15) is 11.4 Å². The van der Waals surface area contributed by atoms with Crippen molar-refractivity contribution in [3.05, 3.63) is 54.6 Å². The Morgan fingerprint density at radius 2 is 0.821 bits per heavy atom. The molecule has 5 aromatic heterocycles. The third-order valence-electron chi connectivity index (χ3n) is 3.92. The van der Waals surface area contributed by atoms with Gasteiger partial charge in [-0.05, 0) is 46.8 Å². The van der Waals surface area contributed by atoms with Crippen LogP contribution in [0.25, 0.3) is 45.8 Å². The third-order valence-corrected chi connectivity index (χ3v) is 3.92. The molecule has 0 aromatic carbocycles. The van der Waals surface area contributed by atoms with Crippen molar-refractivity contribution in [2.75, 3.05) is 0 Å². The number of tetrazole rings is 2. The van der Waals surface area contributed by atoms with Crippen molar-refractivity contribution in [2.24, 2.45) is 0 Å². The van der Waals surface area contributed by atoms with E-state index in [4.69, 9.17) is 4.98 Å². The Morgan fingerprint density at radius 3 is 1.18 bits per heavy atom. The summed E-state index contributed by atoms with van der Waals surface area (Å²) in [7, 11) is 0. The Hall–Kier alpha value is -4.41. The smallest absolute Gasteiger partial charge is 0.222 e. The first-order valence-corrected chi connectivity index (χ1v) is 8.26. The zero-order valence-electron chi connectivity index (χ0n) is 14.2. The molecule has 0 saturated heterocycles. The van der Waals surface area contributed by atoms with Crippen LogP contribution in [0, 0.1) is 0 Å². The number of nitrogens with zero attached hydrogens (tertiary/aromatic N) is 9. The molecular weight excluding hydrogens is 358 g/mol. The van der Waals surface area contributed by atoms with E-state index >= 15 is 0 Å². The Bertz CT molecular complexity index is 1120. The highest BCUT2D eigenvalue weighted by molar-refractivity contribution is 5.65. The molecule has 0 atom stereocenters. The Kier molecular flexibility index (Phi) is 3.79. The normalized spacial score (nSPS) is 10.9. The first-order chi connectivity index (χ1) is 13.9. The fourth-order valence-electron chi connectivity index (χ4n) is 2.66. The standard InChI is InChI=1S/C17H11N11/c1-4-10(12-6-2-8-14(19-12)16-21-25-26-22-16)18-11(5-1)13-7-3-9-15(20-13)17-23-27-28-24-17/h1-9H,(H,21,22,25,26)(H,23,24,27,28). The molecule has 0 spiro atoms. The van der Waals surface area contributed by atoms with Gasteiger partial charge in [0.25, 0.3) is 0 Å². The van der Waals surface area contributed by atoms with Crippen LogP contribution in [0.4, 0.5) is 0 Å². The van der Waals surface area contributed by atoms with Crippen LogP contribution in [-0.4, -0.2) is 56.2 Å². The average Bonchev–Trinajstić information content (AvgIpc) is 3.48. The predicted molar refractivity (Wildman–Crippen MR) is 97.0 cm³/mol. The maximum atomic E-state index is 4.70. The monoisotopic (exact) mass is 369 g/mol. The molecule has 11 heteroatoms. The number of pyridine rings is 3. The molecule has 5 heterocycles. The van der Waals surface area contributed by atoms with Crippen LogP contribution in [0.5, 0.6) is 0 Å². The third kappa shape index (κ3) is 2.96. The second-order valence-electron chi connectivity index (χ2n) is 5.70. The van der Waals surface area contributed by atoms with E-state index in [0.717, 1.165) is 0 Å². The first kappa shape index (κ1) is 15.8. The number of nitrogens with one attached hydrogen (secondary N) is 2. The van der Waals surface area contributed by atoms with Gasteiger partial charge in [0.15, 0.2) is 0 Å². The van der Waals surface area contributed by atoms with E-state index in [1.807, 2.05) is 54.6 Å². The number of hydrogen-bond acceptors (Lipinski definition) is 9. The molecule has 5 rings (SSSR count). The average molecular weight is 369 g/mol. The fourth-order valence-corrected chi connectivity index (χ4v) is 2.66. The highest BCUT2D eigenvalue weighted by Crippen LogP contribution is 2.23. The lowest BCUT2D eigenvalue weighted by molar-refractivity contribution is 0.881. The molecule has 0 amide bonds. The van der Waals surface area contributed by atoms with Crippen LogP contribution in [-0.2, 0) is 0 Å². The zero-order valence-corrected chi connectivity index (χ0v) is 14.2. The first-order valence-electron chi connectivity index (χ1n) is 8.26. The SMILES string of the molecule is c1cc(-c2cccc(-c3nn[nH]n3)n2)nc(-c2cccc(-c3nn[nH]n3)n2)c1. The van der Waals surface area contributed by atoms with Crippen molar-refractivity contribution in [1.29, 1.82) is 0 Å². The summed E-state index contributed by atoms with van der Waals surface area (Å²) in [6.07, 6.45) is 0. The lowest BCUT2D eigenvalue weighted by Gasteiger charge is -2.06. The minimum Gasteiger partial charge on any atom is -0.245 e. The van der Waals surface area contributed by atoms with Crippen LogP contribution in [0.1, 0.15) is 0 Å². The molecule has 28 heavy (non-hydrogen) atoms. The summed E-state index contributed by atoms with van der Waals surface area (Å²) < 4.78 is 0. The zero-order chi connectivity index (χ0) is 18.8. The van der Waals surface area contributed by atoms with Gasteiger partial charge < -0.3 is 0 Å². The van der Waals surface area contributed by atoms with Gasteiger partial charge in [-0.15, -0.1) is 20.4 Å². The van der Waals surface area contributed by atoms with Crippen molar-refractivity contribution in [2.45, 2.75) is 0 Å². The molecule has 0 bridgehead atoms. The van der Waals surface area contributed by atoms with Gasteiger partial charge in [-0.2, -0.15) is 10.4 Å². The lowest BCUT2D eigenvalue weighted by Crippen LogP contribution is -1.95. The topological polar surface area (TPSA) is 148 Å². The number of hydrogen-bond donors (Lipinski definition) is 2. The van der Waals surface area contributed by atoms with Crippen LogP contribution in [0.3, 0.4) is 0 Å². The second-order valence-corrected chi connectivity index (χ2v) is 5.70. The molecule has 5 aromatic rings. The summed E-state index contributed by atoms with van der Waals surface area (Å²) in [5.74, 6) is 0.847. The molecule has 0 radical (unpaired) electrons. The van der Waals surface area contributed by atoms with Crippen molar-refractivity contribution < 1.29 is 0 Å². The molecular formula is C17H11N11. The summed E-state index contributed by atoms with van der Waals surface area (Å²) in [6, 6.07) is 16.8. The number of rotatable bonds is 4. The molecule has 2 N–H and O–H groups in total. The lowest BCUT2D eigenvalue weighted by atomic mass is 10.2. The molecule has 0 fully saturated rings. The second kappa shape index (κ2) is 6.72. The van der Waals surface area contributed by atoms with E-state index < -0.39 is 0 Å². The molecule has 0 aliphatic carbocycles. The van der Waals surface area contributed by atoms with Crippen LogP contribution in [0.2, 0.25) is 0 Å². The molecule has 134 valence electrons. The van der Waals surface area contributed by atoms with Crippen molar-refractivity contribution in [3.63, 3.8) is 0 Å². The van der Waals surface area contributed by atoms with Crippen LogP contribution >= 0.6 is 0 Å². The van der Waals surface area contributed by atoms with Gasteiger partial charge in [-0.25, -0.2) is 15.0 Å². The fraction of sp³-hybridized carbons (Fsp3) is 0. The summed E-state index contributed by atoms with van der Waals surface area (Å²) in [4.78, 5) is 13.9. The Morgan fingerprint density at radius 1 is 0.464 bits per heavy atom. The van der Waals surface area contributed by atoms with E-state index in [9.17, 15) is 0 Å². The number of aromatic nitrogens is 11. The van der Waals surface area contributed by atoms with Gasteiger partial charge in [-0.1, -0.05) is 18.2 Å². The summed E-state index contributed by atoms with van der Waals surface area (Å²) in [6.45, 7) is 0. The molecule has 11 nitrogen and oxygen atoms in total. The number of aromatic amines is 2. The van der Waals surface area contributed by atoms with Gasteiger partial charge in [-0.3, -0.25) is 0 Å². The van der Waals surface area contributed by atoms with E-state index in [-0.39, 0.29) is 0 Å². The van der Waals surface area contributed by atoms with Crippen molar-refractivity contribution in [1.82, 2.24) is 56.2 Å². The van der Waals surface area contributed by atoms with Gasteiger partial charge in [0.05, 0.1) is 22.8 Å². The molecule has 0 aliphatic heterocycles. The summed E-state index contributed by atoms with van der Waals surface area (Å²) >= 11 is 0. The van der Waals surface area contributed by atoms with Crippen LogP contribution < -0.4 is 0 Å². The van der Waals surface area contributed by atoms with E-state index in [1.165, 1.54) is 0 Å². The van der Waals surface area contributed by atoms with E-state index in [1.54, 1.807) is 0 Å². The van der Waals surface area contributed by atoms with Crippen molar-refractivity contribution >= 4 is 0 Å². The summed E-state index contributed by atoms with van der Waals surface area (Å²) in [5, 5.41) is 27.8. The summed E-state index contributed by atoms with van der Waals surface area (Å²) in [5.41, 5.74) is 4.01. The van der Waals surface area contributed by atoms with E-state index in [0.29, 0.717) is 45.8 Å². The quantitative estimate of drug-likeness (QED) is 0.481. The largest absolute Gasteiger partial charge is 0.245 e. The van der Waals surface area contributed by atoms with Crippen molar-refractivity contribution in [3.8, 4) is 45.8 Å². The predicted octanol–water partition coefficient (Wildman–Crippen LogP) is 1.57. The molecule has 0 saturated carbocycles. The molecule has 0 aliphatic rings. The highest BCUT2D eigenvalue weighted by atomic mass is 15.5. The van der Waals surface area contributed by atoms with Gasteiger partial charge >= 0.3 is 0 Å². The van der Waals surface area contributed by atoms with Crippen LogP contribution in [0.15, 0.2) is 54.6 Å². The van der Waals surface area contributed by atoms with E-state index in [2.05, 4.69) is 51.2 Å². The highest BCUT2D eigenvalue weighted by Gasteiger charge is 2.11. The van der Waals surface area contributed by atoms with Gasteiger partial charge in [0, 0.05) is 0 Å².